The maximum absolute atomic E-state index is 15.1. The molecule has 0 radical (unpaired) electrons. The Labute approximate surface area is 216 Å². The molecule has 37 heavy (non-hydrogen) atoms. The van der Waals surface area contributed by atoms with E-state index >= 15 is 4.57 Å². The summed E-state index contributed by atoms with van der Waals surface area (Å²) in [5, 5.41) is 19.5. The van der Waals surface area contributed by atoms with Crippen molar-refractivity contribution in [1.29, 1.82) is 0 Å². The van der Waals surface area contributed by atoms with Crippen LogP contribution in [-0.4, -0.2) is 74.4 Å². The molecule has 4 atom stereocenters. The minimum absolute atomic E-state index is 0.00544. The monoisotopic (exact) mass is 527 g/mol. The van der Waals surface area contributed by atoms with Crippen LogP contribution in [0.4, 0.5) is 0 Å². The Hall–Kier alpha value is -3.00. The highest BCUT2D eigenvalue weighted by Crippen LogP contribution is 2.67. The number of hydrogen-bond acceptors (Lipinski definition) is 6. The van der Waals surface area contributed by atoms with Gasteiger partial charge in [-0.25, -0.2) is 4.79 Å². The first-order chi connectivity index (χ1) is 17.6. The third kappa shape index (κ3) is 4.96. The van der Waals surface area contributed by atoms with Crippen LogP contribution in [0.2, 0.25) is 0 Å². The van der Waals surface area contributed by atoms with E-state index in [2.05, 4.69) is 0 Å². The summed E-state index contributed by atoms with van der Waals surface area (Å²) in [6.07, 6.45) is -0.632. The fraction of sp³-hybridized carbons (Fsp3) is 0.444. The lowest BCUT2D eigenvalue weighted by Crippen LogP contribution is -2.60. The van der Waals surface area contributed by atoms with Crippen molar-refractivity contribution < 1.29 is 29.2 Å². The molecule has 2 aliphatic heterocycles. The summed E-state index contributed by atoms with van der Waals surface area (Å²) in [6, 6.07) is 15.9. The maximum Gasteiger partial charge on any atom is 0.337 e. The molecule has 2 saturated heterocycles. The lowest BCUT2D eigenvalue weighted by Gasteiger charge is -2.43. The molecule has 0 spiro atoms. The molecule has 0 saturated carbocycles. The molecule has 0 unspecified atom stereocenters. The van der Waals surface area contributed by atoms with Crippen molar-refractivity contribution in [3.05, 3.63) is 71.8 Å². The fourth-order valence-corrected chi connectivity index (χ4v) is 9.52. The van der Waals surface area contributed by atoms with Gasteiger partial charge in [-0.2, -0.15) is 0 Å². The van der Waals surface area contributed by atoms with Crippen LogP contribution in [0.15, 0.2) is 60.7 Å². The average Bonchev–Trinajstić information content (AvgIpc) is 3.49. The second-order valence-electron chi connectivity index (χ2n) is 10.0. The predicted octanol–water partition coefficient (Wildman–Crippen LogP) is 2.46. The van der Waals surface area contributed by atoms with E-state index < -0.39 is 48.4 Å². The Morgan fingerprint density at radius 2 is 1.57 bits per heavy atom. The molecule has 2 heterocycles. The second kappa shape index (κ2) is 10.8. The molecule has 2 aromatic carbocycles. The summed E-state index contributed by atoms with van der Waals surface area (Å²) in [7, 11) is -3.73. The molecular formula is C27H34N3O6P. The minimum Gasteiger partial charge on any atom is -0.479 e. The van der Waals surface area contributed by atoms with E-state index in [4.69, 9.17) is 5.73 Å². The number of carbonyl (C=O) groups is 3. The molecule has 0 aromatic heterocycles. The first kappa shape index (κ1) is 27.0. The number of benzene rings is 2. The van der Waals surface area contributed by atoms with Gasteiger partial charge in [-0.05, 0) is 37.3 Å². The SMILES string of the molecule is C[C@H](N)C(=O)N1CC[C@H](O)[C@H]1C(=O)N1CCC[C@]1(C(=O)O)P(=O)(Cc1ccccc1)Cc1ccccc1. The highest BCUT2D eigenvalue weighted by atomic mass is 31.2. The third-order valence-corrected chi connectivity index (χ3v) is 11.2. The van der Waals surface area contributed by atoms with Crippen molar-refractivity contribution in [3.8, 4) is 0 Å². The third-order valence-electron chi connectivity index (χ3n) is 7.49. The average molecular weight is 528 g/mol. The molecule has 2 fully saturated rings. The number of carbonyl (C=O) groups excluding carboxylic acids is 2. The number of aliphatic hydroxyl groups is 1. The van der Waals surface area contributed by atoms with Crippen LogP contribution in [0, 0.1) is 0 Å². The normalized spacial score (nSPS) is 24.7. The Bertz CT molecular complexity index is 1150. The Morgan fingerprint density at radius 1 is 1.03 bits per heavy atom. The van der Waals surface area contributed by atoms with Gasteiger partial charge in [0.2, 0.25) is 11.8 Å². The van der Waals surface area contributed by atoms with Crippen LogP contribution >= 0.6 is 7.14 Å². The van der Waals surface area contributed by atoms with E-state index in [1.165, 1.54) is 16.7 Å². The van der Waals surface area contributed by atoms with Crippen molar-refractivity contribution in [2.24, 2.45) is 5.73 Å². The summed E-state index contributed by atoms with van der Waals surface area (Å²) in [5.74, 6) is -2.52. The number of amides is 2. The van der Waals surface area contributed by atoms with Gasteiger partial charge in [0.25, 0.3) is 0 Å². The number of aliphatic hydroxyl groups excluding tert-OH is 1. The van der Waals surface area contributed by atoms with Crippen molar-refractivity contribution in [2.75, 3.05) is 13.1 Å². The summed E-state index contributed by atoms with van der Waals surface area (Å²) >= 11 is 0. The number of likely N-dealkylation sites (tertiary alicyclic amines) is 2. The maximum atomic E-state index is 15.1. The number of nitrogens with two attached hydrogens (primary N) is 1. The zero-order valence-electron chi connectivity index (χ0n) is 20.9. The zero-order chi connectivity index (χ0) is 26.8. The smallest absolute Gasteiger partial charge is 0.337 e. The molecule has 2 aromatic rings. The first-order valence-corrected chi connectivity index (χ1v) is 14.6. The van der Waals surface area contributed by atoms with Crippen LogP contribution < -0.4 is 5.73 Å². The van der Waals surface area contributed by atoms with Crippen molar-refractivity contribution in [2.45, 2.75) is 62.0 Å². The van der Waals surface area contributed by atoms with Crippen LogP contribution in [0.3, 0.4) is 0 Å². The van der Waals surface area contributed by atoms with Crippen LogP contribution in [0.25, 0.3) is 0 Å². The molecule has 2 aliphatic rings. The highest BCUT2D eigenvalue weighted by molar-refractivity contribution is 7.65. The van der Waals surface area contributed by atoms with E-state index in [0.717, 1.165) is 11.1 Å². The lowest BCUT2D eigenvalue weighted by molar-refractivity contribution is -0.156. The van der Waals surface area contributed by atoms with Crippen LogP contribution in [-0.2, 0) is 31.3 Å². The molecule has 2 amide bonds. The molecule has 0 aliphatic carbocycles. The van der Waals surface area contributed by atoms with Gasteiger partial charge in [0, 0.05) is 25.4 Å². The molecule has 10 heteroatoms. The summed E-state index contributed by atoms with van der Waals surface area (Å²) < 4.78 is 15.1. The molecular weight excluding hydrogens is 493 g/mol. The first-order valence-electron chi connectivity index (χ1n) is 12.6. The fourth-order valence-electron chi connectivity index (χ4n) is 5.73. The summed E-state index contributed by atoms with van der Waals surface area (Å²) in [4.78, 5) is 42.3. The summed E-state index contributed by atoms with van der Waals surface area (Å²) in [5.41, 5.74) is 7.22. The van der Waals surface area contributed by atoms with Crippen molar-refractivity contribution >= 4 is 24.9 Å². The number of rotatable bonds is 8. The largest absolute Gasteiger partial charge is 0.479 e. The van der Waals surface area contributed by atoms with Gasteiger partial charge >= 0.3 is 5.97 Å². The molecule has 4 N–H and O–H groups in total. The number of nitrogens with zero attached hydrogens (tertiary/aromatic N) is 2. The van der Waals surface area contributed by atoms with Crippen molar-refractivity contribution in [1.82, 2.24) is 9.80 Å². The van der Waals surface area contributed by atoms with Gasteiger partial charge in [-0.3, -0.25) is 9.59 Å². The highest BCUT2D eigenvalue weighted by Gasteiger charge is 2.63. The predicted molar refractivity (Wildman–Crippen MR) is 139 cm³/mol. The Kier molecular flexibility index (Phi) is 7.88. The van der Waals surface area contributed by atoms with E-state index in [0.29, 0.717) is 6.42 Å². The van der Waals surface area contributed by atoms with E-state index in [1.807, 2.05) is 12.1 Å². The number of carboxylic acid groups (broad SMARTS) is 1. The number of carboxylic acids is 1. The Morgan fingerprint density at radius 3 is 2.05 bits per heavy atom. The van der Waals surface area contributed by atoms with E-state index in [9.17, 15) is 24.6 Å². The minimum atomic E-state index is -3.73. The van der Waals surface area contributed by atoms with Crippen LogP contribution in [0.1, 0.15) is 37.3 Å². The molecule has 0 bridgehead atoms. The van der Waals surface area contributed by atoms with E-state index in [-0.39, 0.29) is 38.3 Å². The lowest BCUT2D eigenvalue weighted by atomic mass is 10.1. The van der Waals surface area contributed by atoms with Gasteiger partial charge in [-0.1, -0.05) is 60.7 Å². The quantitative estimate of drug-likeness (QED) is 0.448. The van der Waals surface area contributed by atoms with Gasteiger partial charge < -0.3 is 30.3 Å². The van der Waals surface area contributed by atoms with Crippen molar-refractivity contribution in [3.63, 3.8) is 0 Å². The zero-order valence-corrected chi connectivity index (χ0v) is 21.8. The second-order valence-corrected chi connectivity index (χ2v) is 13.2. The van der Waals surface area contributed by atoms with Gasteiger partial charge in [0.05, 0.1) is 12.1 Å². The molecule has 9 nitrogen and oxygen atoms in total. The van der Waals surface area contributed by atoms with Gasteiger partial charge in [0.1, 0.15) is 13.2 Å². The number of hydrogen-bond donors (Lipinski definition) is 3. The van der Waals surface area contributed by atoms with E-state index in [1.54, 1.807) is 48.5 Å². The number of aliphatic carboxylic acids is 1. The van der Waals surface area contributed by atoms with Crippen LogP contribution in [0.5, 0.6) is 0 Å². The molecule has 198 valence electrons. The molecule has 4 rings (SSSR count). The topological polar surface area (TPSA) is 141 Å². The standard InChI is InChI=1S/C27H34N3O6P/c1-19(28)24(32)29-16-13-22(31)23(29)25(33)30-15-8-14-27(30,26(34)35)37(36,17-20-9-4-2-5-10-20)18-21-11-6-3-7-12-21/h2-7,9-12,19,22-23,31H,8,13-18,28H2,1H3,(H,34,35)/t19-,22-,23-,27+/m0/s1. The van der Waals surface area contributed by atoms with Gasteiger partial charge in [0.15, 0.2) is 5.28 Å². The van der Waals surface area contributed by atoms with Gasteiger partial charge in [-0.15, -0.1) is 0 Å². The Balaban J connectivity index is 1.80. The summed E-state index contributed by atoms with van der Waals surface area (Å²) in [6.45, 7) is 1.71.